The fraction of sp³-hybridized carbons (Fsp3) is 0.385. The van der Waals surface area contributed by atoms with Crippen LogP contribution in [0.2, 0.25) is 0 Å². The van der Waals surface area contributed by atoms with E-state index in [-0.39, 0.29) is 6.61 Å². The highest BCUT2D eigenvalue weighted by atomic mass is 32.2. The summed E-state index contributed by atoms with van der Waals surface area (Å²) in [4.78, 5) is 0. The summed E-state index contributed by atoms with van der Waals surface area (Å²) < 4.78 is 16.0. The molecule has 0 aliphatic carbocycles. The Balaban J connectivity index is 2.18. The third kappa shape index (κ3) is 3.64. The van der Waals surface area contributed by atoms with Crippen molar-refractivity contribution >= 4 is 11.8 Å². The van der Waals surface area contributed by atoms with Crippen molar-refractivity contribution in [3.63, 3.8) is 0 Å². The van der Waals surface area contributed by atoms with Crippen LogP contribution in [-0.4, -0.2) is 41.9 Å². The lowest BCUT2D eigenvalue weighted by molar-refractivity contribution is 0.296. The summed E-state index contributed by atoms with van der Waals surface area (Å²) in [6.45, 7) is 0.154. The molecule has 0 bridgehead atoms. The van der Waals surface area contributed by atoms with Gasteiger partial charge in [0, 0.05) is 24.0 Å². The first-order valence-corrected chi connectivity index (χ1v) is 7.06. The molecule has 0 spiro atoms. The maximum atomic E-state index is 8.74. The van der Waals surface area contributed by atoms with Gasteiger partial charge in [0.15, 0.2) is 0 Å². The van der Waals surface area contributed by atoms with Crippen molar-refractivity contribution in [1.29, 1.82) is 0 Å². The van der Waals surface area contributed by atoms with Crippen molar-refractivity contribution in [1.82, 2.24) is 10.2 Å². The number of ether oxygens (including phenoxy) is 2. The maximum Gasteiger partial charge on any atom is 0.276 e. The zero-order chi connectivity index (χ0) is 14.4. The van der Waals surface area contributed by atoms with E-state index >= 15 is 0 Å². The summed E-state index contributed by atoms with van der Waals surface area (Å²) in [6, 6.07) is 5.38. The Morgan fingerprint density at radius 3 is 2.45 bits per heavy atom. The second-order valence-electron chi connectivity index (χ2n) is 3.90. The molecule has 7 heteroatoms. The summed E-state index contributed by atoms with van der Waals surface area (Å²) in [6.07, 6.45) is 0.690. The van der Waals surface area contributed by atoms with E-state index < -0.39 is 0 Å². The lowest BCUT2D eigenvalue weighted by Gasteiger charge is -2.05. The molecule has 0 amide bonds. The Bertz CT molecular complexity index is 537. The summed E-state index contributed by atoms with van der Waals surface area (Å²) in [5, 5.41) is 17.2. The van der Waals surface area contributed by atoms with Crippen molar-refractivity contribution in [2.45, 2.75) is 11.6 Å². The first kappa shape index (κ1) is 14.7. The average molecular weight is 296 g/mol. The normalized spacial score (nSPS) is 10.6. The molecule has 0 aliphatic heterocycles. The average Bonchev–Trinajstić information content (AvgIpc) is 2.96. The van der Waals surface area contributed by atoms with Crippen LogP contribution in [-0.2, 0) is 0 Å². The molecular formula is C13H16N2O4S. The van der Waals surface area contributed by atoms with Gasteiger partial charge >= 0.3 is 0 Å². The zero-order valence-corrected chi connectivity index (χ0v) is 12.1. The first-order chi connectivity index (χ1) is 9.76. The van der Waals surface area contributed by atoms with Gasteiger partial charge in [-0.15, -0.1) is 10.2 Å². The minimum Gasteiger partial charge on any atom is -0.497 e. The summed E-state index contributed by atoms with van der Waals surface area (Å²) >= 11 is 1.42. The van der Waals surface area contributed by atoms with E-state index in [4.69, 9.17) is 19.0 Å². The van der Waals surface area contributed by atoms with Crippen LogP contribution in [0.25, 0.3) is 11.5 Å². The number of hydrogen-bond donors (Lipinski definition) is 1. The molecule has 108 valence electrons. The van der Waals surface area contributed by atoms with E-state index in [9.17, 15) is 0 Å². The van der Waals surface area contributed by atoms with Gasteiger partial charge in [0.1, 0.15) is 11.5 Å². The van der Waals surface area contributed by atoms with E-state index in [2.05, 4.69) is 10.2 Å². The highest BCUT2D eigenvalue weighted by Crippen LogP contribution is 2.30. The standard InChI is InChI=1S/C13H16N2O4S/c1-17-10-6-9(7-11(8-10)18-2)12-14-15-13(19-12)20-5-3-4-16/h6-8,16H,3-5H2,1-2H3. The molecule has 1 N–H and O–H groups in total. The van der Waals surface area contributed by atoms with E-state index in [1.54, 1.807) is 32.4 Å². The van der Waals surface area contributed by atoms with Crippen molar-refractivity contribution in [3.05, 3.63) is 18.2 Å². The Labute approximate surface area is 121 Å². The predicted molar refractivity (Wildman–Crippen MR) is 75.3 cm³/mol. The van der Waals surface area contributed by atoms with Crippen LogP contribution < -0.4 is 9.47 Å². The SMILES string of the molecule is COc1cc(OC)cc(-c2nnc(SCCCO)o2)c1. The van der Waals surface area contributed by atoms with E-state index in [0.717, 1.165) is 11.3 Å². The molecule has 0 aliphatic rings. The third-order valence-electron chi connectivity index (χ3n) is 2.53. The van der Waals surface area contributed by atoms with E-state index in [1.807, 2.05) is 0 Å². The van der Waals surface area contributed by atoms with E-state index in [0.29, 0.717) is 29.0 Å². The number of aromatic nitrogens is 2. The topological polar surface area (TPSA) is 77.6 Å². The molecular weight excluding hydrogens is 280 g/mol. The molecule has 6 nitrogen and oxygen atoms in total. The van der Waals surface area contributed by atoms with Gasteiger partial charge in [-0.1, -0.05) is 11.8 Å². The molecule has 0 saturated heterocycles. The Hall–Kier alpha value is -1.73. The monoisotopic (exact) mass is 296 g/mol. The number of aliphatic hydroxyl groups is 1. The highest BCUT2D eigenvalue weighted by Gasteiger charge is 2.11. The third-order valence-corrected chi connectivity index (χ3v) is 3.44. The summed E-state index contributed by atoms with van der Waals surface area (Å²) in [5.74, 6) is 2.47. The van der Waals surface area contributed by atoms with Crippen LogP contribution in [0.5, 0.6) is 11.5 Å². The highest BCUT2D eigenvalue weighted by molar-refractivity contribution is 7.99. The Kier molecular flexibility index (Phi) is 5.25. The molecule has 0 atom stereocenters. The van der Waals surface area contributed by atoms with Gasteiger partial charge in [-0.2, -0.15) is 0 Å². The second-order valence-corrected chi connectivity index (χ2v) is 4.95. The lowest BCUT2D eigenvalue weighted by Crippen LogP contribution is -1.88. The minimum absolute atomic E-state index is 0.154. The molecule has 1 heterocycles. The van der Waals surface area contributed by atoms with Crippen LogP contribution in [0, 0.1) is 0 Å². The lowest BCUT2D eigenvalue weighted by atomic mass is 10.2. The van der Waals surface area contributed by atoms with Crippen LogP contribution in [0.3, 0.4) is 0 Å². The van der Waals surface area contributed by atoms with Gasteiger partial charge in [-0.25, -0.2) is 0 Å². The molecule has 0 radical (unpaired) electrons. The molecule has 0 fully saturated rings. The Morgan fingerprint density at radius 1 is 1.15 bits per heavy atom. The van der Waals surface area contributed by atoms with Gasteiger partial charge < -0.3 is 19.0 Å². The van der Waals surface area contributed by atoms with Crippen LogP contribution in [0.4, 0.5) is 0 Å². The van der Waals surface area contributed by atoms with E-state index in [1.165, 1.54) is 11.8 Å². The molecule has 2 aromatic rings. The van der Waals surface area contributed by atoms with Crippen molar-refractivity contribution < 1.29 is 19.0 Å². The van der Waals surface area contributed by atoms with Gasteiger partial charge in [0.25, 0.3) is 5.22 Å². The van der Waals surface area contributed by atoms with Crippen LogP contribution >= 0.6 is 11.8 Å². The summed E-state index contributed by atoms with van der Waals surface area (Å²) in [5.41, 5.74) is 0.739. The van der Waals surface area contributed by atoms with Crippen molar-refractivity contribution in [2.24, 2.45) is 0 Å². The fourth-order valence-corrected chi connectivity index (χ4v) is 2.22. The zero-order valence-electron chi connectivity index (χ0n) is 11.3. The molecule has 20 heavy (non-hydrogen) atoms. The van der Waals surface area contributed by atoms with Gasteiger partial charge in [0.2, 0.25) is 5.89 Å². The second kappa shape index (κ2) is 7.16. The molecule has 1 aromatic carbocycles. The molecule has 1 aromatic heterocycles. The number of rotatable bonds is 7. The van der Waals surface area contributed by atoms with Crippen molar-refractivity contribution in [3.8, 4) is 23.0 Å². The predicted octanol–water partition coefficient (Wildman–Crippen LogP) is 2.23. The number of thioether (sulfide) groups is 1. The number of methoxy groups -OCH3 is 2. The number of hydrogen-bond acceptors (Lipinski definition) is 7. The number of nitrogens with zero attached hydrogens (tertiary/aromatic N) is 2. The number of aliphatic hydroxyl groups excluding tert-OH is 1. The van der Waals surface area contributed by atoms with Gasteiger partial charge in [0.05, 0.1) is 14.2 Å². The molecule has 0 saturated carbocycles. The molecule has 0 unspecified atom stereocenters. The molecule has 2 rings (SSSR count). The Morgan fingerprint density at radius 2 is 1.85 bits per heavy atom. The largest absolute Gasteiger partial charge is 0.497 e. The summed E-state index contributed by atoms with van der Waals surface area (Å²) in [7, 11) is 3.17. The number of benzene rings is 1. The minimum atomic E-state index is 0.154. The fourth-order valence-electron chi connectivity index (χ4n) is 1.54. The first-order valence-electron chi connectivity index (χ1n) is 6.07. The van der Waals surface area contributed by atoms with Crippen molar-refractivity contribution in [2.75, 3.05) is 26.6 Å². The van der Waals surface area contributed by atoms with Crippen LogP contribution in [0.1, 0.15) is 6.42 Å². The quantitative estimate of drug-likeness (QED) is 0.620. The van der Waals surface area contributed by atoms with Gasteiger partial charge in [-0.05, 0) is 18.6 Å². The van der Waals surface area contributed by atoms with Gasteiger partial charge in [-0.3, -0.25) is 0 Å². The smallest absolute Gasteiger partial charge is 0.276 e. The van der Waals surface area contributed by atoms with Crippen LogP contribution in [0.15, 0.2) is 27.8 Å². The maximum absolute atomic E-state index is 8.74.